The summed E-state index contributed by atoms with van der Waals surface area (Å²) in [6.45, 7) is 2.67. The minimum Gasteiger partial charge on any atom is -0.492 e. The molecule has 3 nitrogen and oxygen atoms in total. The van der Waals surface area contributed by atoms with Crippen LogP contribution in [0, 0.1) is 5.41 Å². The van der Waals surface area contributed by atoms with Gasteiger partial charge in [0.2, 0.25) is 0 Å². The van der Waals surface area contributed by atoms with Crippen molar-refractivity contribution in [2.24, 2.45) is 0 Å². The number of allylic oxidation sites excluding steroid dienone is 1. The molecule has 31 heavy (non-hydrogen) atoms. The number of benzene rings is 3. The van der Waals surface area contributed by atoms with E-state index in [2.05, 4.69) is 88.6 Å². The van der Waals surface area contributed by atoms with Crippen molar-refractivity contribution < 1.29 is 4.74 Å². The molecule has 0 amide bonds. The lowest BCUT2D eigenvalue weighted by Gasteiger charge is -2.18. The molecule has 1 atom stereocenters. The first-order valence-electron chi connectivity index (χ1n) is 10.1. The zero-order chi connectivity index (χ0) is 22.1. The standard InChI is InChI=1S/C25H25ClIN2OP/c1-2-23(18-6-4-3-5-7-18)25(19-8-11-22(12-9-19)30-15-14-26)20-10-13-24(29-31-27)21(16-20)17-28/h3-13,16-17,28-29,31H,2,14-15H2,1H3/b25-23+,28-17?. The summed E-state index contributed by atoms with van der Waals surface area (Å²) in [5, 5.41) is 11.3. The van der Waals surface area contributed by atoms with E-state index in [0.29, 0.717) is 18.9 Å². The Morgan fingerprint density at radius 2 is 1.74 bits per heavy atom. The second kappa shape index (κ2) is 12.2. The topological polar surface area (TPSA) is 45.1 Å². The molecular weight excluding hydrogens is 538 g/mol. The molecular formula is C25H25ClIN2OP. The van der Waals surface area contributed by atoms with Gasteiger partial charge in [-0.05, 0) is 80.6 Å². The average molecular weight is 563 g/mol. The molecule has 3 aromatic rings. The highest BCUT2D eigenvalue weighted by Crippen LogP contribution is 2.37. The normalized spacial score (nSPS) is 12.0. The Labute approximate surface area is 204 Å². The molecule has 2 N–H and O–H groups in total. The monoisotopic (exact) mass is 562 g/mol. The fourth-order valence-corrected chi connectivity index (χ4v) is 4.83. The second-order valence-corrected chi connectivity index (χ2v) is 9.24. The summed E-state index contributed by atoms with van der Waals surface area (Å²) >= 11 is 8.05. The van der Waals surface area contributed by atoms with Crippen LogP contribution >= 0.6 is 40.0 Å². The lowest BCUT2D eigenvalue weighted by molar-refractivity contribution is 0.343. The fourth-order valence-electron chi connectivity index (χ4n) is 3.56. The first-order chi connectivity index (χ1) is 15.2. The predicted octanol–water partition coefficient (Wildman–Crippen LogP) is 8.03. The first-order valence-corrected chi connectivity index (χ1v) is 14.7. The van der Waals surface area contributed by atoms with Crippen LogP contribution in [0.5, 0.6) is 5.75 Å². The van der Waals surface area contributed by atoms with Crippen molar-refractivity contribution in [1.29, 1.82) is 5.41 Å². The predicted molar refractivity (Wildman–Crippen MR) is 146 cm³/mol. The molecule has 0 spiro atoms. The van der Waals surface area contributed by atoms with E-state index in [1.165, 1.54) is 22.9 Å². The summed E-state index contributed by atoms with van der Waals surface area (Å²) in [5.41, 5.74) is 7.71. The number of anilines is 1. The van der Waals surface area contributed by atoms with Gasteiger partial charge in [0.15, 0.2) is 0 Å². The molecule has 3 rings (SSSR count). The first kappa shape index (κ1) is 23.8. The third-order valence-electron chi connectivity index (χ3n) is 4.94. The Morgan fingerprint density at radius 1 is 1.03 bits per heavy atom. The summed E-state index contributed by atoms with van der Waals surface area (Å²) in [6, 6.07) is 25.0. The molecule has 0 bridgehead atoms. The van der Waals surface area contributed by atoms with Gasteiger partial charge in [0, 0.05) is 23.8 Å². The van der Waals surface area contributed by atoms with Gasteiger partial charge < -0.3 is 15.2 Å². The van der Waals surface area contributed by atoms with Gasteiger partial charge in [-0.3, -0.25) is 0 Å². The zero-order valence-corrected chi connectivity index (χ0v) is 21.2. The Morgan fingerprint density at radius 3 is 2.35 bits per heavy atom. The zero-order valence-electron chi connectivity index (χ0n) is 17.3. The van der Waals surface area contributed by atoms with Crippen molar-refractivity contribution in [1.82, 2.24) is 0 Å². The van der Waals surface area contributed by atoms with Crippen LogP contribution in [0.25, 0.3) is 11.1 Å². The molecule has 0 aromatic heterocycles. The van der Waals surface area contributed by atoms with Gasteiger partial charge in [0.25, 0.3) is 0 Å². The Hall–Kier alpha value is -1.88. The number of rotatable bonds is 10. The van der Waals surface area contributed by atoms with Crippen molar-refractivity contribution >= 4 is 63.1 Å². The van der Waals surface area contributed by atoms with E-state index in [-0.39, 0.29) is 0 Å². The van der Waals surface area contributed by atoms with Gasteiger partial charge in [0.1, 0.15) is 12.4 Å². The maximum Gasteiger partial charge on any atom is 0.119 e. The number of hydrogen-bond acceptors (Lipinski definition) is 3. The van der Waals surface area contributed by atoms with Crippen LogP contribution in [0.1, 0.15) is 35.6 Å². The smallest absolute Gasteiger partial charge is 0.119 e. The lowest BCUT2D eigenvalue weighted by Crippen LogP contribution is -2.00. The number of alkyl halides is 1. The summed E-state index contributed by atoms with van der Waals surface area (Å²) in [5.74, 6) is 1.27. The van der Waals surface area contributed by atoms with E-state index >= 15 is 0 Å². The van der Waals surface area contributed by atoms with Crippen LogP contribution < -0.4 is 9.82 Å². The number of hydrogen-bond donors (Lipinski definition) is 2. The van der Waals surface area contributed by atoms with Crippen LogP contribution in [0.3, 0.4) is 0 Å². The van der Waals surface area contributed by atoms with Crippen molar-refractivity contribution in [3.05, 3.63) is 95.1 Å². The molecule has 0 fully saturated rings. The summed E-state index contributed by atoms with van der Waals surface area (Å²) in [7, 11) is 0. The SMILES string of the molecule is CC/C(=C(/c1ccc(OCCCl)cc1)c1ccc(NPI)c(C=N)c1)c1ccccc1. The highest BCUT2D eigenvalue weighted by molar-refractivity contribution is 14.2. The van der Waals surface area contributed by atoms with E-state index in [0.717, 1.165) is 34.5 Å². The lowest BCUT2D eigenvalue weighted by atomic mass is 9.87. The number of halogens is 2. The average Bonchev–Trinajstić information content (AvgIpc) is 2.82. The van der Waals surface area contributed by atoms with Gasteiger partial charge in [-0.1, -0.05) is 55.5 Å². The molecule has 0 radical (unpaired) electrons. The minimum atomic E-state index is 0.464. The van der Waals surface area contributed by atoms with Crippen LogP contribution in [0.2, 0.25) is 0 Å². The minimum absolute atomic E-state index is 0.464. The molecule has 3 aromatic carbocycles. The van der Waals surface area contributed by atoms with Crippen LogP contribution in [-0.2, 0) is 0 Å². The molecule has 1 unspecified atom stereocenters. The quantitative estimate of drug-likeness (QED) is 0.0864. The van der Waals surface area contributed by atoms with Crippen molar-refractivity contribution in [2.75, 3.05) is 17.6 Å². The van der Waals surface area contributed by atoms with Crippen LogP contribution in [0.15, 0.2) is 72.8 Å². The Bertz CT molecular complexity index is 1040. The highest BCUT2D eigenvalue weighted by Gasteiger charge is 2.15. The molecule has 0 saturated carbocycles. The van der Waals surface area contributed by atoms with Gasteiger partial charge in [0.05, 0.1) is 5.88 Å². The summed E-state index contributed by atoms with van der Waals surface area (Å²) in [6.07, 6.45) is 2.85. The van der Waals surface area contributed by atoms with E-state index in [9.17, 15) is 0 Å². The fraction of sp³-hybridized carbons (Fsp3) is 0.160. The van der Waals surface area contributed by atoms with Gasteiger partial charge in [-0.2, -0.15) is 0 Å². The maximum absolute atomic E-state index is 7.91. The van der Waals surface area contributed by atoms with E-state index in [1.54, 1.807) is 0 Å². The third kappa shape index (κ3) is 6.09. The van der Waals surface area contributed by atoms with E-state index in [4.69, 9.17) is 21.7 Å². The van der Waals surface area contributed by atoms with Gasteiger partial charge >= 0.3 is 0 Å². The Kier molecular flexibility index (Phi) is 9.38. The Balaban J connectivity index is 2.18. The molecule has 0 aliphatic heterocycles. The molecule has 0 aliphatic carbocycles. The highest BCUT2D eigenvalue weighted by atomic mass is 127. The molecule has 160 valence electrons. The van der Waals surface area contributed by atoms with Crippen molar-refractivity contribution in [2.45, 2.75) is 13.3 Å². The molecule has 0 saturated heterocycles. The third-order valence-corrected chi connectivity index (χ3v) is 6.27. The van der Waals surface area contributed by atoms with E-state index < -0.39 is 0 Å². The van der Waals surface area contributed by atoms with Gasteiger partial charge in [-0.15, -0.1) is 11.6 Å². The second-order valence-electron chi connectivity index (χ2n) is 6.80. The molecule has 6 heteroatoms. The summed E-state index contributed by atoms with van der Waals surface area (Å²) < 4.78 is 5.66. The summed E-state index contributed by atoms with van der Waals surface area (Å²) in [4.78, 5) is 0. The molecule has 0 aliphatic rings. The van der Waals surface area contributed by atoms with Gasteiger partial charge in [-0.25, -0.2) is 0 Å². The largest absolute Gasteiger partial charge is 0.492 e. The maximum atomic E-state index is 7.91. The number of nitrogens with one attached hydrogen (secondary N) is 2. The number of ether oxygens (including phenoxy) is 1. The van der Waals surface area contributed by atoms with Crippen molar-refractivity contribution in [3.8, 4) is 5.75 Å². The van der Waals surface area contributed by atoms with Crippen LogP contribution in [-0.4, -0.2) is 18.7 Å². The molecule has 0 heterocycles. The van der Waals surface area contributed by atoms with Crippen LogP contribution in [0.4, 0.5) is 5.69 Å². The van der Waals surface area contributed by atoms with Crippen molar-refractivity contribution in [3.63, 3.8) is 0 Å². The van der Waals surface area contributed by atoms with E-state index in [1.807, 2.05) is 18.2 Å².